The molecule has 1 saturated carbocycles. The SMILES string of the molecule is C=C1NCCN1N(C)/C(C)=C(\C=C/CC)NC(=O)C1CC1. The molecule has 2 aliphatic rings. The van der Waals surface area contributed by atoms with Crippen LogP contribution in [0.2, 0.25) is 0 Å². The lowest BCUT2D eigenvalue weighted by atomic mass is 10.2. The van der Waals surface area contributed by atoms with Gasteiger partial charge in [0.1, 0.15) is 5.82 Å². The number of nitrogens with one attached hydrogen (secondary N) is 2. The van der Waals surface area contributed by atoms with Gasteiger partial charge in [0.05, 0.1) is 17.9 Å². The number of hydrazine groups is 1. The van der Waals surface area contributed by atoms with Crippen LogP contribution < -0.4 is 10.6 Å². The molecule has 1 saturated heterocycles. The van der Waals surface area contributed by atoms with Crippen molar-refractivity contribution >= 4 is 5.91 Å². The van der Waals surface area contributed by atoms with Gasteiger partial charge in [0.15, 0.2) is 0 Å². The smallest absolute Gasteiger partial charge is 0.227 e. The second kappa shape index (κ2) is 6.70. The molecule has 2 fully saturated rings. The third kappa shape index (κ3) is 3.80. The molecule has 1 amide bonds. The zero-order chi connectivity index (χ0) is 15.4. The quantitative estimate of drug-likeness (QED) is 0.734. The van der Waals surface area contributed by atoms with Gasteiger partial charge in [-0.2, -0.15) is 0 Å². The van der Waals surface area contributed by atoms with E-state index in [9.17, 15) is 4.79 Å². The van der Waals surface area contributed by atoms with Crippen LogP contribution in [0.3, 0.4) is 0 Å². The first-order valence-corrected chi connectivity index (χ1v) is 7.66. The van der Waals surface area contributed by atoms with Crippen molar-refractivity contribution in [2.45, 2.75) is 33.1 Å². The normalized spacial score (nSPS) is 19.6. The molecule has 0 radical (unpaired) electrons. The molecule has 1 heterocycles. The molecule has 21 heavy (non-hydrogen) atoms. The van der Waals surface area contributed by atoms with Crippen LogP contribution in [0.25, 0.3) is 0 Å². The van der Waals surface area contributed by atoms with Crippen molar-refractivity contribution < 1.29 is 4.79 Å². The summed E-state index contributed by atoms with van der Waals surface area (Å²) in [5.74, 6) is 1.23. The highest BCUT2D eigenvalue weighted by Crippen LogP contribution is 2.29. The summed E-state index contributed by atoms with van der Waals surface area (Å²) in [6, 6.07) is 0. The highest BCUT2D eigenvalue weighted by Gasteiger charge is 2.30. The van der Waals surface area contributed by atoms with E-state index in [0.717, 1.165) is 49.6 Å². The number of nitrogens with zero attached hydrogens (tertiary/aromatic N) is 2. The van der Waals surface area contributed by atoms with E-state index < -0.39 is 0 Å². The second-order valence-electron chi connectivity index (χ2n) is 5.59. The van der Waals surface area contributed by atoms with Crippen LogP contribution in [0.1, 0.15) is 33.1 Å². The second-order valence-corrected chi connectivity index (χ2v) is 5.59. The number of rotatable bonds is 6. The van der Waals surface area contributed by atoms with Gasteiger partial charge in [0.2, 0.25) is 5.91 Å². The Morgan fingerprint density at radius 3 is 2.81 bits per heavy atom. The molecule has 0 aromatic rings. The maximum atomic E-state index is 12.1. The molecule has 5 nitrogen and oxygen atoms in total. The molecule has 0 unspecified atom stereocenters. The number of hydrogen-bond acceptors (Lipinski definition) is 4. The fraction of sp³-hybridized carbons (Fsp3) is 0.562. The lowest BCUT2D eigenvalue weighted by Gasteiger charge is -2.33. The molecule has 1 aliphatic carbocycles. The van der Waals surface area contributed by atoms with Crippen molar-refractivity contribution in [2.75, 3.05) is 20.1 Å². The summed E-state index contributed by atoms with van der Waals surface area (Å²) < 4.78 is 0. The van der Waals surface area contributed by atoms with Crippen molar-refractivity contribution in [3.05, 3.63) is 35.9 Å². The Bertz CT molecular complexity index is 477. The zero-order valence-electron chi connectivity index (χ0n) is 13.3. The molecule has 0 bridgehead atoms. The molecular weight excluding hydrogens is 264 g/mol. The Labute approximate surface area is 127 Å². The van der Waals surface area contributed by atoms with Gasteiger partial charge in [0.25, 0.3) is 0 Å². The van der Waals surface area contributed by atoms with Crippen molar-refractivity contribution in [3.63, 3.8) is 0 Å². The predicted molar refractivity (Wildman–Crippen MR) is 84.6 cm³/mol. The van der Waals surface area contributed by atoms with Gasteiger partial charge in [-0.05, 0) is 32.3 Å². The minimum absolute atomic E-state index is 0.136. The van der Waals surface area contributed by atoms with E-state index in [4.69, 9.17) is 0 Å². The monoisotopic (exact) mass is 290 g/mol. The number of hydrogen-bond donors (Lipinski definition) is 2. The van der Waals surface area contributed by atoms with Crippen LogP contribution in [0.5, 0.6) is 0 Å². The highest BCUT2D eigenvalue weighted by atomic mass is 16.2. The van der Waals surface area contributed by atoms with Gasteiger partial charge >= 0.3 is 0 Å². The minimum Gasteiger partial charge on any atom is -0.369 e. The van der Waals surface area contributed by atoms with Crippen LogP contribution in [0.15, 0.2) is 35.9 Å². The topological polar surface area (TPSA) is 47.6 Å². The fourth-order valence-electron chi connectivity index (χ4n) is 2.29. The third-order valence-electron chi connectivity index (χ3n) is 3.93. The molecule has 0 atom stereocenters. The molecule has 0 aromatic heterocycles. The van der Waals surface area contributed by atoms with E-state index in [1.54, 1.807) is 0 Å². The summed E-state index contributed by atoms with van der Waals surface area (Å²) in [5.41, 5.74) is 1.88. The van der Waals surface area contributed by atoms with Gasteiger partial charge in [-0.15, -0.1) is 0 Å². The maximum Gasteiger partial charge on any atom is 0.227 e. The largest absolute Gasteiger partial charge is 0.369 e. The zero-order valence-corrected chi connectivity index (χ0v) is 13.3. The lowest BCUT2D eigenvalue weighted by molar-refractivity contribution is -0.121. The van der Waals surface area contributed by atoms with Crippen LogP contribution in [0.4, 0.5) is 0 Å². The van der Waals surface area contributed by atoms with Gasteiger partial charge in [-0.25, -0.2) is 0 Å². The average molecular weight is 290 g/mol. The summed E-state index contributed by atoms with van der Waals surface area (Å²) in [6.07, 6.45) is 7.03. The van der Waals surface area contributed by atoms with E-state index in [2.05, 4.69) is 35.2 Å². The molecule has 2 N–H and O–H groups in total. The van der Waals surface area contributed by atoms with Crippen molar-refractivity contribution in [1.29, 1.82) is 0 Å². The predicted octanol–water partition coefficient (Wildman–Crippen LogP) is 1.93. The van der Waals surface area contributed by atoms with Gasteiger partial charge in [-0.1, -0.05) is 19.6 Å². The Kier molecular flexibility index (Phi) is 4.94. The number of allylic oxidation sites excluding steroid dienone is 3. The Morgan fingerprint density at radius 2 is 2.29 bits per heavy atom. The molecular formula is C16H26N4O. The molecule has 0 spiro atoms. The minimum atomic E-state index is 0.136. The Morgan fingerprint density at radius 1 is 1.57 bits per heavy atom. The average Bonchev–Trinajstić information content (AvgIpc) is 3.24. The van der Waals surface area contributed by atoms with E-state index in [0.29, 0.717) is 0 Å². The molecule has 1 aliphatic heterocycles. The maximum absolute atomic E-state index is 12.1. The highest BCUT2D eigenvalue weighted by molar-refractivity contribution is 5.83. The van der Waals surface area contributed by atoms with Gasteiger partial charge in [-0.3, -0.25) is 14.8 Å². The van der Waals surface area contributed by atoms with Crippen LogP contribution in [0, 0.1) is 5.92 Å². The van der Waals surface area contributed by atoms with Crippen LogP contribution in [-0.2, 0) is 4.79 Å². The Balaban J connectivity index is 2.15. The van der Waals surface area contributed by atoms with Gasteiger partial charge in [0, 0.05) is 19.5 Å². The standard InChI is InChI=1S/C16H26N4O/c1-5-6-7-15(18-16(21)14-8-9-14)12(2)19(4)20-11-10-17-13(20)3/h6-7,14,17H,3,5,8-11H2,1-2,4H3,(H,18,21)/b7-6-,15-12+. The number of amides is 1. The molecule has 5 heteroatoms. The summed E-state index contributed by atoms with van der Waals surface area (Å²) in [6.45, 7) is 9.89. The first kappa shape index (κ1) is 15.5. The molecule has 116 valence electrons. The van der Waals surface area contributed by atoms with E-state index >= 15 is 0 Å². The first-order valence-electron chi connectivity index (χ1n) is 7.66. The molecule has 0 aromatic carbocycles. The van der Waals surface area contributed by atoms with Crippen LogP contribution >= 0.6 is 0 Å². The fourth-order valence-corrected chi connectivity index (χ4v) is 2.29. The molecule has 2 rings (SSSR count). The van der Waals surface area contributed by atoms with E-state index in [1.807, 2.05) is 25.1 Å². The van der Waals surface area contributed by atoms with E-state index in [1.165, 1.54) is 0 Å². The summed E-state index contributed by atoms with van der Waals surface area (Å²) in [4.78, 5) is 12.1. The summed E-state index contributed by atoms with van der Waals surface area (Å²) in [7, 11) is 2.00. The van der Waals surface area contributed by atoms with Crippen LogP contribution in [-0.4, -0.2) is 36.1 Å². The first-order chi connectivity index (χ1) is 10.0. The number of carbonyl (C=O) groups excluding carboxylic acids is 1. The van der Waals surface area contributed by atoms with Gasteiger partial charge < -0.3 is 10.6 Å². The lowest BCUT2D eigenvalue weighted by Crippen LogP contribution is -2.38. The van der Waals surface area contributed by atoms with Crippen molar-refractivity contribution in [3.8, 4) is 0 Å². The van der Waals surface area contributed by atoms with Crippen molar-refractivity contribution in [2.24, 2.45) is 5.92 Å². The number of carbonyl (C=O) groups is 1. The third-order valence-corrected chi connectivity index (χ3v) is 3.93. The van der Waals surface area contributed by atoms with Crippen molar-refractivity contribution in [1.82, 2.24) is 20.7 Å². The summed E-state index contributed by atoms with van der Waals surface area (Å²) >= 11 is 0. The Hall–Kier alpha value is -1.91. The van der Waals surface area contributed by atoms with E-state index in [-0.39, 0.29) is 11.8 Å². The summed E-state index contributed by atoms with van der Waals surface area (Å²) in [5, 5.41) is 10.4.